The molecule has 1 aliphatic carbocycles. The predicted octanol–water partition coefficient (Wildman–Crippen LogP) is 2.11. The number of hydrogen-bond acceptors (Lipinski definition) is 2. The van der Waals surface area contributed by atoms with Gasteiger partial charge in [-0.3, -0.25) is 4.79 Å². The summed E-state index contributed by atoms with van der Waals surface area (Å²) >= 11 is 0. The number of hydrogen-bond donors (Lipinski definition) is 2. The van der Waals surface area contributed by atoms with Gasteiger partial charge in [0, 0.05) is 18.9 Å². The van der Waals surface area contributed by atoms with Gasteiger partial charge >= 0.3 is 0 Å². The highest BCUT2D eigenvalue weighted by Crippen LogP contribution is 2.35. The fourth-order valence-electron chi connectivity index (χ4n) is 1.15. The van der Waals surface area contributed by atoms with Gasteiger partial charge in [-0.2, -0.15) is 0 Å². The molecule has 84 valence electrons. The van der Waals surface area contributed by atoms with E-state index in [-0.39, 0.29) is 0 Å². The molecule has 0 aromatic carbocycles. The van der Waals surface area contributed by atoms with Crippen LogP contribution in [0, 0.1) is 5.92 Å². The zero-order valence-electron chi connectivity index (χ0n) is 9.31. The van der Waals surface area contributed by atoms with E-state index in [0.717, 1.165) is 13.3 Å². The van der Waals surface area contributed by atoms with Crippen LogP contribution in [0.4, 0.5) is 0 Å². The molecule has 0 aromatic heterocycles. The minimum absolute atomic E-state index is 0.379. The first-order valence-corrected chi connectivity index (χ1v) is 4.93. The van der Waals surface area contributed by atoms with Crippen molar-refractivity contribution in [3.8, 4) is 0 Å². The molecule has 1 fully saturated rings. The summed E-state index contributed by atoms with van der Waals surface area (Å²) in [5, 5.41) is 7.42. The van der Waals surface area contributed by atoms with Crippen LogP contribution < -0.4 is 5.73 Å². The number of allylic oxidation sites excluding steroid dienone is 4. The fourth-order valence-corrected chi connectivity index (χ4v) is 1.15. The Morgan fingerprint density at radius 3 is 2.33 bits per heavy atom. The number of nitrogens with two attached hydrogens (primary N) is 1. The molecular weight excluding hydrogens is 190 g/mol. The third-order valence-corrected chi connectivity index (χ3v) is 1.98. The van der Waals surface area contributed by atoms with Crippen molar-refractivity contribution in [2.75, 3.05) is 0 Å². The van der Waals surface area contributed by atoms with E-state index in [2.05, 4.69) is 12.7 Å². The molecule has 0 aliphatic heterocycles. The molecule has 3 N–H and O–H groups in total. The maximum Gasteiger partial charge on any atom is 0.300 e. The molecule has 0 saturated heterocycles. The van der Waals surface area contributed by atoms with Gasteiger partial charge in [-0.05, 0) is 18.9 Å². The van der Waals surface area contributed by atoms with Crippen molar-refractivity contribution >= 4 is 5.97 Å². The number of rotatable bonds is 3. The predicted molar refractivity (Wildman–Crippen MR) is 62.5 cm³/mol. The van der Waals surface area contributed by atoms with Crippen LogP contribution in [0.25, 0.3) is 0 Å². The van der Waals surface area contributed by atoms with E-state index in [1.54, 1.807) is 0 Å². The molecule has 1 saturated carbocycles. The van der Waals surface area contributed by atoms with Crippen molar-refractivity contribution in [3.05, 3.63) is 36.5 Å². The van der Waals surface area contributed by atoms with E-state index in [1.807, 2.05) is 25.2 Å². The van der Waals surface area contributed by atoms with Crippen LogP contribution in [0.5, 0.6) is 0 Å². The molecule has 0 spiro atoms. The van der Waals surface area contributed by atoms with Crippen LogP contribution >= 0.6 is 0 Å². The third-order valence-electron chi connectivity index (χ3n) is 1.98. The molecule has 2 unspecified atom stereocenters. The Bertz CT molecular complexity index is 275. The first-order valence-electron chi connectivity index (χ1n) is 4.93. The lowest BCUT2D eigenvalue weighted by Crippen LogP contribution is -2.02. The topological polar surface area (TPSA) is 63.3 Å². The average Bonchev–Trinajstić information content (AvgIpc) is 2.83. The van der Waals surface area contributed by atoms with E-state index in [1.165, 1.54) is 5.57 Å². The van der Waals surface area contributed by atoms with E-state index < -0.39 is 5.97 Å². The van der Waals surface area contributed by atoms with Crippen molar-refractivity contribution in [2.24, 2.45) is 11.7 Å². The fraction of sp³-hybridized carbons (Fsp3) is 0.417. The first kappa shape index (κ1) is 13.7. The lowest BCUT2D eigenvalue weighted by atomic mass is 10.1. The summed E-state index contributed by atoms with van der Waals surface area (Å²) in [4.78, 5) is 9.00. The van der Waals surface area contributed by atoms with Crippen molar-refractivity contribution < 1.29 is 9.90 Å². The van der Waals surface area contributed by atoms with Crippen LogP contribution in [0.2, 0.25) is 0 Å². The summed E-state index contributed by atoms with van der Waals surface area (Å²) < 4.78 is 0. The maximum absolute atomic E-state index is 9.00. The van der Waals surface area contributed by atoms with Gasteiger partial charge in [0.1, 0.15) is 0 Å². The average molecular weight is 209 g/mol. The van der Waals surface area contributed by atoms with Gasteiger partial charge in [0.05, 0.1) is 0 Å². The minimum Gasteiger partial charge on any atom is -0.481 e. The second kappa shape index (κ2) is 7.01. The first-order chi connectivity index (χ1) is 7.02. The Kier molecular flexibility index (Phi) is 6.38. The molecule has 0 aromatic rings. The molecule has 3 nitrogen and oxygen atoms in total. The van der Waals surface area contributed by atoms with Gasteiger partial charge in [-0.25, -0.2) is 0 Å². The Morgan fingerprint density at radius 2 is 2.07 bits per heavy atom. The number of carbonyl (C=O) groups is 1. The summed E-state index contributed by atoms with van der Waals surface area (Å²) in [5.74, 6) is -0.260. The Labute approximate surface area is 91.0 Å². The summed E-state index contributed by atoms with van der Waals surface area (Å²) in [6.45, 7) is 6.84. The van der Waals surface area contributed by atoms with E-state index in [0.29, 0.717) is 12.0 Å². The monoisotopic (exact) mass is 209 g/mol. The SMILES string of the molecule is C=C/C(=C\C=C/C)C1CC1N.CC(=O)O. The van der Waals surface area contributed by atoms with Gasteiger partial charge in [-0.15, -0.1) is 0 Å². The third kappa shape index (κ3) is 6.69. The van der Waals surface area contributed by atoms with Crippen LogP contribution in [0.15, 0.2) is 36.5 Å². The summed E-state index contributed by atoms with van der Waals surface area (Å²) in [6.07, 6.45) is 9.15. The highest BCUT2D eigenvalue weighted by atomic mass is 16.4. The van der Waals surface area contributed by atoms with Crippen molar-refractivity contribution in [3.63, 3.8) is 0 Å². The molecule has 1 rings (SSSR count). The summed E-state index contributed by atoms with van der Waals surface area (Å²) in [7, 11) is 0. The Hall–Kier alpha value is -1.35. The lowest BCUT2D eigenvalue weighted by Gasteiger charge is -1.95. The van der Waals surface area contributed by atoms with E-state index >= 15 is 0 Å². The highest BCUT2D eigenvalue weighted by Gasteiger charge is 2.34. The van der Waals surface area contributed by atoms with Crippen molar-refractivity contribution in [1.29, 1.82) is 0 Å². The molecule has 0 radical (unpaired) electrons. The molecule has 1 aliphatic rings. The van der Waals surface area contributed by atoms with Crippen LogP contribution in [0.1, 0.15) is 20.3 Å². The van der Waals surface area contributed by atoms with Crippen LogP contribution in [0.3, 0.4) is 0 Å². The molecule has 3 heteroatoms. The molecule has 0 amide bonds. The van der Waals surface area contributed by atoms with Crippen LogP contribution in [-0.2, 0) is 4.79 Å². The second-order valence-electron chi connectivity index (χ2n) is 3.42. The summed E-state index contributed by atoms with van der Waals surface area (Å²) in [6, 6.07) is 0.379. The van der Waals surface area contributed by atoms with Crippen LogP contribution in [-0.4, -0.2) is 17.1 Å². The van der Waals surface area contributed by atoms with E-state index in [4.69, 9.17) is 15.6 Å². The molecule has 0 bridgehead atoms. The summed E-state index contributed by atoms with van der Waals surface area (Å²) in [5.41, 5.74) is 6.98. The van der Waals surface area contributed by atoms with E-state index in [9.17, 15) is 0 Å². The van der Waals surface area contributed by atoms with Gasteiger partial charge < -0.3 is 10.8 Å². The zero-order valence-corrected chi connectivity index (χ0v) is 9.31. The molecule has 2 atom stereocenters. The normalized spacial score (nSPS) is 24.3. The molecule has 15 heavy (non-hydrogen) atoms. The maximum atomic E-state index is 9.00. The molecular formula is C12H19NO2. The smallest absolute Gasteiger partial charge is 0.300 e. The van der Waals surface area contributed by atoms with Crippen molar-refractivity contribution in [2.45, 2.75) is 26.3 Å². The minimum atomic E-state index is -0.833. The largest absolute Gasteiger partial charge is 0.481 e. The van der Waals surface area contributed by atoms with Gasteiger partial charge in [-0.1, -0.05) is 30.9 Å². The number of carboxylic acids is 1. The lowest BCUT2D eigenvalue weighted by molar-refractivity contribution is -0.134. The standard InChI is InChI=1S/C10H15N.C2H4O2/c1-3-5-6-8(4-2)9-7-10(9)11;1-2(3)4/h3-6,9-10H,2,7,11H2,1H3;1H3,(H,3,4)/b5-3-,8-6+;. The van der Waals surface area contributed by atoms with Crippen molar-refractivity contribution in [1.82, 2.24) is 0 Å². The quantitative estimate of drug-likeness (QED) is 0.700. The zero-order chi connectivity index (χ0) is 11.8. The van der Waals surface area contributed by atoms with Gasteiger partial charge in [0.2, 0.25) is 0 Å². The van der Waals surface area contributed by atoms with Gasteiger partial charge in [0.25, 0.3) is 5.97 Å². The number of carboxylic acid groups (broad SMARTS) is 1. The highest BCUT2D eigenvalue weighted by molar-refractivity contribution is 5.62. The molecule has 0 heterocycles. The Morgan fingerprint density at radius 1 is 1.60 bits per heavy atom. The Balaban J connectivity index is 0.000000423. The van der Waals surface area contributed by atoms with Gasteiger partial charge in [0.15, 0.2) is 0 Å². The number of aliphatic carboxylic acids is 1. The second-order valence-corrected chi connectivity index (χ2v) is 3.42.